The van der Waals surface area contributed by atoms with Crippen molar-refractivity contribution in [2.24, 2.45) is 46.3 Å². The third-order valence-corrected chi connectivity index (χ3v) is 15.2. The van der Waals surface area contributed by atoms with E-state index < -0.39 is 0 Å². The Hall–Kier alpha value is 0.190. The Balaban J connectivity index is 1.16. The highest BCUT2D eigenvalue weighted by molar-refractivity contribution is 7.93. The zero-order valence-corrected chi connectivity index (χ0v) is 33.5. The van der Waals surface area contributed by atoms with Gasteiger partial charge in [-0.2, -0.15) is 0 Å². The van der Waals surface area contributed by atoms with Gasteiger partial charge in [-0.05, 0) is 181 Å². The number of ether oxygens (including phenoxy) is 1. The summed E-state index contributed by atoms with van der Waals surface area (Å²) in [6.07, 6.45) is 34.4. The predicted octanol–water partition coefficient (Wildman–Crippen LogP) is 12.1. The second-order valence-electron chi connectivity index (χ2n) is 17.7. The molecule has 282 valence electrons. The van der Waals surface area contributed by atoms with Crippen LogP contribution < -0.4 is 0 Å². The molecule has 4 rings (SSSR count). The van der Waals surface area contributed by atoms with Crippen molar-refractivity contribution in [1.82, 2.24) is 4.90 Å². The number of unbranched alkanes of at least 4 members (excludes halogenated alkanes) is 8. The van der Waals surface area contributed by atoms with Gasteiger partial charge in [-0.25, -0.2) is 0 Å². The molecular weight excluding hydrogens is 611 g/mol. The zero-order valence-electron chi connectivity index (χ0n) is 32.7. The van der Waals surface area contributed by atoms with E-state index in [-0.39, 0.29) is 6.29 Å². The first-order valence-corrected chi connectivity index (χ1v) is 22.7. The molecule has 1 N–H and O–H groups in total. The molecule has 0 spiro atoms. The van der Waals surface area contributed by atoms with Crippen LogP contribution in [0, 0.1) is 46.3 Å². The molecule has 0 aromatic heterocycles. The predicted molar refractivity (Wildman–Crippen MR) is 207 cm³/mol. The normalized spacial score (nSPS) is 32.9. The van der Waals surface area contributed by atoms with Crippen molar-refractivity contribution >= 4 is 12.0 Å². The standard InChI is InChI=1S/C43H81NO3S/c1-6-7-8-9-10-18-34-46-41(47-48-5)22-12-11-15-30-44(31-16-17-33-45)32-19-20-35(2)38-25-26-39-37-24-23-36-21-13-14-28-42(36,3)40(37)27-29-43(38,39)4/h35-41,45H,6-34H2,1-5H3/t35-,36?,37?,38?,39?,40?,41?,42?,43?/m1/s1. The van der Waals surface area contributed by atoms with E-state index in [1.807, 2.05) is 6.26 Å². The minimum absolute atomic E-state index is 0.0599. The summed E-state index contributed by atoms with van der Waals surface area (Å²) >= 11 is 1.45. The van der Waals surface area contributed by atoms with Crippen LogP contribution in [0.3, 0.4) is 0 Å². The lowest BCUT2D eigenvalue weighted by molar-refractivity contribution is -0.114. The van der Waals surface area contributed by atoms with Crippen LogP contribution in [-0.4, -0.2) is 55.4 Å². The maximum atomic E-state index is 9.44. The first kappa shape index (κ1) is 41.0. The molecule has 4 aliphatic rings. The molecule has 0 aromatic carbocycles. The van der Waals surface area contributed by atoms with Crippen LogP contribution in [0.15, 0.2) is 0 Å². The van der Waals surface area contributed by atoms with Crippen molar-refractivity contribution in [2.45, 2.75) is 188 Å². The molecule has 0 radical (unpaired) electrons. The summed E-state index contributed by atoms with van der Waals surface area (Å²) in [6, 6.07) is 0. The molecule has 0 bridgehead atoms. The molecule has 48 heavy (non-hydrogen) atoms. The van der Waals surface area contributed by atoms with E-state index in [1.165, 1.54) is 147 Å². The Morgan fingerprint density at radius 2 is 1.46 bits per heavy atom. The van der Waals surface area contributed by atoms with E-state index in [2.05, 4.69) is 32.6 Å². The Morgan fingerprint density at radius 3 is 2.25 bits per heavy atom. The van der Waals surface area contributed by atoms with Crippen molar-refractivity contribution in [2.75, 3.05) is 39.1 Å². The number of fused-ring (bicyclic) bond motifs is 5. The Morgan fingerprint density at radius 1 is 0.729 bits per heavy atom. The Labute approximate surface area is 303 Å². The number of hydrogen-bond donors (Lipinski definition) is 1. The van der Waals surface area contributed by atoms with Crippen molar-refractivity contribution in [3.05, 3.63) is 0 Å². The van der Waals surface area contributed by atoms with Crippen LogP contribution in [0.25, 0.3) is 0 Å². The summed E-state index contributed by atoms with van der Waals surface area (Å²) < 4.78 is 12.0. The molecule has 0 aromatic rings. The van der Waals surface area contributed by atoms with Crippen LogP contribution in [0.4, 0.5) is 0 Å². The van der Waals surface area contributed by atoms with Gasteiger partial charge in [-0.15, -0.1) is 0 Å². The molecular formula is C43H81NO3S. The van der Waals surface area contributed by atoms with Gasteiger partial charge in [0.2, 0.25) is 0 Å². The highest BCUT2D eigenvalue weighted by Crippen LogP contribution is 2.68. The fourth-order valence-corrected chi connectivity index (χ4v) is 12.4. The second kappa shape index (κ2) is 21.7. The largest absolute Gasteiger partial charge is 0.396 e. The fourth-order valence-electron chi connectivity index (χ4n) is 12.1. The van der Waals surface area contributed by atoms with Crippen LogP contribution in [0.2, 0.25) is 0 Å². The van der Waals surface area contributed by atoms with E-state index in [4.69, 9.17) is 8.92 Å². The lowest BCUT2D eigenvalue weighted by atomic mass is 9.44. The molecule has 9 atom stereocenters. The molecule has 8 unspecified atom stereocenters. The third-order valence-electron chi connectivity index (χ3n) is 14.8. The molecule has 0 amide bonds. The van der Waals surface area contributed by atoms with Crippen LogP contribution in [-0.2, 0) is 8.92 Å². The van der Waals surface area contributed by atoms with E-state index in [1.54, 1.807) is 6.42 Å². The molecule has 4 saturated carbocycles. The van der Waals surface area contributed by atoms with Gasteiger partial charge in [-0.3, -0.25) is 4.18 Å². The summed E-state index contributed by atoms with van der Waals surface area (Å²) in [4.78, 5) is 2.72. The summed E-state index contributed by atoms with van der Waals surface area (Å²) in [5.41, 5.74) is 1.26. The van der Waals surface area contributed by atoms with Gasteiger partial charge in [0.25, 0.3) is 0 Å². The van der Waals surface area contributed by atoms with Gasteiger partial charge >= 0.3 is 0 Å². The molecule has 4 aliphatic carbocycles. The number of aliphatic hydroxyl groups is 1. The van der Waals surface area contributed by atoms with E-state index in [0.29, 0.717) is 17.4 Å². The zero-order chi connectivity index (χ0) is 34.2. The Bertz CT molecular complexity index is 858. The Kier molecular flexibility index (Phi) is 18.5. The SMILES string of the molecule is CCCCCCCCOC(CCCCCN(CCCCO)CCC[C@@H](C)C1CCC2C3CCC4CCCCC4(C)C3CCC21C)OSC. The summed E-state index contributed by atoms with van der Waals surface area (Å²) in [6.45, 7) is 15.1. The summed E-state index contributed by atoms with van der Waals surface area (Å²) in [5.74, 6) is 5.87. The van der Waals surface area contributed by atoms with Gasteiger partial charge < -0.3 is 14.7 Å². The first-order valence-electron chi connectivity index (χ1n) is 21.5. The molecule has 4 fully saturated rings. The number of aliphatic hydroxyl groups excluding tert-OH is 1. The number of nitrogens with zero attached hydrogens (tertiary/aromatic N) is 1. The van der Waals surface area contributed by atoms with Gasteiger partial charge in [-0.1, -0.05) is 79.1 Å². The van der Waals surface area contributed by atoms with E-state index in [9.17, 15) is 5.11 Å². The fraction of sp³-hybridized carbons (Fsp3) is 1.00. The van der Waals surface area contributed by atoms with Crippen LogP contribution in [0.1, 0.15) is 182 Å². The lowest BCUT2D eigenvalue weighted by Crippen LogP contribution is -2.53. The summed E-state index contributed by atoms with van der Waals surface area (Å²) in [5, 5.41) is 9.44. The molecule has 0 saturated heterocycles. The first-order chi connectivity index (χ1) is 23.4. The smallest absolute Gasteiger partial charge is 0.170 e. The molecule has 5 heteroatoms. The van der Waals surface area contributed by atoms with Crippen molar-refractivity contribution in [3.8, 4) is 0 Å². The molecule has 0 heterocycles. The van der Waals surface area contributed by atoms with Gasteiger partial charge in [0.05, 0.1) is 0 Å². The molecule has 0 aliphatic heterocycles. The van der Waals surface area contributed by atoms with E-state index >= 15 is 0 Å². The van der Waals surface area contributed by atoms with Gasteiger partial charge in [0.1, 0.15) is 0 Å². The summed E-state index contributed by atoms with van der Waals surface area (Å²) in [7, 11) is 0. The van der Waals surface area contributed by atoms with Gasteiger partial charge in [0, 0.05) is 19.5 Å². The molecule has 4 nitrogen and oxygen atoms in total. The maximum absolute atomic E-state index is 9.44. The van der Waals surface area contributed by atoms with E-state index in [0.717, 1.165) is 74.3 Å². The monoisotopic (exact) mass is 692 g/mol. The quantitative estimate of drug-likeness (QED) is 0.0586. The topological polar surface area (TPSA) is 41.9 Å². The minimum Gasteiger partial charge on any atom is -0.396 e. The van der Waals surface area contributed by atoms with Crippen LogP contribution >= 0.6 is 12.0 Å². The van der Waals surface area contributed by atoms with Gasteiger partial charge in [0.15, 0.2) is 6.29 Å². The van der Waals surface area contributed by atoms with Crippen molar-refractivity contribution in [3.63, 3.8) is 0 Å². The second-order valence-corrected chi connectivity index (χ2v) is 18.2. The lowest BCUT2D eigenvalue weighted by Gasteiger charge is -2.61. The number of rotatable bonds is 25. The van der Waals surface area contributed by atoms with Crippen molar-refractivity contribution < 1.29 is 14.0 Å². The average Bonchev–Trinajstić information content (AvgIpc) is 3.44. The maximum Gasteiger partial charge on any atom is 0.170 e. The number of hydrogen-bond acceptors (Lipinski definition) is 5. The minimum atomic E-state index is -0.0599. The highest BCUT2D eigenvalue weighted by atomic mass is 32.2. The highest BCUT2D eigenvalue weighted by Gasteiger charge is 2.60. The third kappa shape index (κ3) is 11.3. The average molecular weight is 692 g/mol. The van der Waals surface area contributed by atoms with Crippen molar-refractivity contribution in [1.29, 1.82) is 0 Å². The van der Waals surface area contributed by atoms with Crippen LogP contribution in [0.5, 0.6) is 0 Å².